The Bertz CT molecular complexity index is 1160. The number of anilines is 1. The first kappa shape index (κ1) is 21.5. The van der Waals surface area contributed by atoms with Crippen molar-refractivity contribution in [1.82, 2.24) is 4.57 Å². The van der Waals surface area contributed by atoms with E-state index in [1.807, 2.05) is 0 Å². The van der Waals surface area contributed by atoms with Crippen LogP contribution in [0.25, 0.3) is 10.8 Å². The van der Waals surface area contributed by atoms with E-state index in [-0.39, 0.29) is 23.4 Å². The van der Waals surface area contributed by atoms with E-state index in [1.54, 1.807) is 19.1 Å². The monoisotopic (exact) mass is 422 g/mol. The number of aromatic nitrogens is 1. The lowest BCUT2D eigenvalue weighted by Crippen LogP contribution is -2.25. The predicted octanol–water partition coefficient (Wildman–Crippen LogP) is 3.89. The number of amides is 1. The van der Waals surface area contributed by atoms with Crippen molar-refractivity contribution in [3.05, 3.63) is 76.0 Å². The number of rotatable bonds is 5. The van der Waals surface area contributed by atoms with Crippen LogP contribution in [0.3, 0.4) is 0 Å². The molecule has 3 rings (SSSR count). The molecule has 158 valence electrons. The zero-order valence-corrected chi connectivity index (χ0v) is 15.8. The first-order chi connectivity index (χ1) is 14.1. The zero-order chi connectivity index (χ0) is 22.1. The SMILES string of the molecule is C[C@H](CO)n1ccc2c(NC(=O)Cc3cccc(C(F)(F)F)c3F)cccc2c1=O. The minimum absolute atomic E-state index is 0.232. The van der Waals surface area contributed by atoms with Crippen molar-refractivity contribution in [2.75, 3.05) is 11.9 Å². The van der Waals surface area contributed by atoms with E-state index >= 15 is 0 Å². The van der Waals surface area contributed by atoms with Crippen LogP contribution in [0, 0.1) is 5.82 Å². The molecule has 9 heteroatoms. The van der Waals surface area contributed by atoms with Gasteiger partial charge in [-0.15, -0.1) is 0 Å². The lowest BCUT2D eigenvalue weighted by atomic mass is 10.1. The Balaban J connectivity index is 1.90. The molecular weight excluding hydrogens is 404 g/mol. The summed E-state index contributed by atoms with van der Waals surface area (Å²) in [5, 5.41) is 12.5. The van der Waals surface area contributed by atoms with Gasteiger partial charge in [0.1, 0.15) is 5.82 Å². The third-order valence-electron chi connectivity index (χ3n) is 4.72. The number of aliphatic hydroxyl groups is 1. The highest BCUT2D eigenvalue weighted by molar-refractivity contribution is 6.02. The van der Waals surface area contributed by atoms with Crippen molar-refractivity contribution in [2.24, 2.45) is 0 Å². The molecule has 0 aliphatic heterocycles. The molecule has 1 atom stereocenters. The van der Waals surface area contributed by atoms with E-state index in [9.17, 15) is 32.3 Å². The van der Waals surface area contributed by atoms with Crippen LogP contribution in [-0.2, 0) is 17.4 Å². The standard InChI is InChI=1S/C21H18F4N2O3/c1-12(11-28)27-9-8-14-15(20(27)30)5-3-7-17(14)26-18(29)10-13-4-2-6-16(19(13)22)21(23,24)25/h2-9,12,28H,10-11H2,1H3,(H,26,29)/t12-/m1/s1. The average molecular weight is 422 g/mol. The molecule has 0 unspecified atom stereocenters. The fourth-order valence-electron chi connectivity index (χ4n) is 3.14. The summed E-state index contributed by atoms with van der Waals surface area (Å²) in [6.45, 7) is 1.44. The average Bonchev–Trinajstić information content (AvgIpc) is 2.69. The summed E-state index contributed by atoms with van der Waals surface area (Å²) in [6, 6.07) is 8.53. The fraction of sp³-hybridized carbons (Fsp3) is 0.238. The van der Waals surface area contributed by atoms with Crippen LogP contribution in [0.2, 0.25) is 0 Å². The molecule has 0 aliphatic carbocycles. The lowest BCUT2D eigenvalue weighted by Gasteiger charge is -2.15. The third kappa shape index (κ3) is 4.20. The van der Waals surface area contributed by atoms with Crippen LogP contribution in [0.4, 0.5) is 23.2 Å². The van der Waals surface area contributed by atoms with Gasteiger partial charge in [0.25, 0.3) is 5.56 Å². The molecule has 0 saturated carbocycles. The minimum Gasteiger partial charge on any atom is -0.394 e. The van der Waals surface area contributed by atoms with E-state index < -0.39 is 35.9 Å². The molecular formula is C21H18F4N2O3. The van der Waals surface area contributed by atoms with Crippen molar-refractivity contribution in [3.8, 4) is 0 Å². The number of nitrogens with one attached hydrogen (secondary N) is 1. The summed E-state index contributed by atoms with van der Waals surface area (Å²) in [5.74, 6) is -2.22. The maximum Gasteiger partial charge on any atom is 0.419 e. The Morgan fingerprint density at radius 1 is 1.13 bits per heavy atom. The van der Waals surface area contributed by atoms with Gasteiger partial charge in [0.15, 0.2) is 0 Å². The van der Waals surface area contributed by atoms with Gasteiger partial charge in [-0.1, -0.05) is 18.2 Å². The summed E-state index contributed by atoms with van der Waals surface area (Å²) in [7, 11) is 0. The Morgan fingerprint density at radius 2 is 1.83 bits per heavy atom. The molecule has 0 aliphatic rings. The van der Waals surface area contributed by atoms with Crippen molar-refractivity contribution in [2.45, 2.75) is 25.6 Å². The highest BCUT2D eigenvalue weighted by atomic mass is 19.4. The van der Waals surface area contributed by atoms with E-state index in [4.69, 9.17) is 0 Å². The van der Waals surface area contributed by atoms with Crippen LogP contribution >= 0.6 is 0 Å². The molecule has 0 spiro atoms. The molecule has 2 aromatic carbocycles. The number of alkyl halides is 3. The largest absolute Gasteiger partial charge is 0.419 e. The maximum atomic E-state index is 14.2. The van der Waals surface area contributed by atoms with Crippen molar-refractivity contribution in [1.29, 1.82) is 0 Å². The van der Waals surface area contributed by atoms with Gasteiger partial charge in [-0.05, 0) is 36.8 Å². The number of carbonyl (C=O) groups is 1. The molecule has 0 fully saturated rings. The Hall–Kier alpha value is -3.20. The van der Waals surface area contributed by atoms with E-state index in [2.05, 4.69) is 5.32 Å². The van der Waals surface area contributed by atoms with Gasteiger partial charge in [-0.2, -0.15) is 13.2 Å². The van der Waals surface area contributed by atoms with Gasteiger partial charge in [-0.25, -0.2) is 4.39 Å². The van der Waals surface area contributed by atoms with E-state index in [0.29, 0.717) is 16.8 Å². The summed E-state index contributed by atoms with van der Waals surface area (Å²) >= 11 is 0. The number of pyridine rings is 1. The molecule has 5 nitrogen and oxygen atoms in total. The van der Waals surface area contributed by atoms with Gasteiger partial charge in [-0.3, -0.25) is 9.59 Å². The number of nitrogens with zero attached hydrogens (tertiary/aromatic N) is 1. The summed E-state index contributed by atoms with van der Waals surface area (Å²) in [4.78, 5) is 25.0. The Morgan fingerprint density at radius 3 is 2.50 bits per heavy atom. The first-order valence-corrected chi connectivity index (χ1v) is 9.02. The van der Waals surface area contributed by atoms with Gasteiger partial charge >= 0.3 is 6.18 Å². The van der Waals surface area contributed by atoms with E-state index in [0.717, 1.165) is 12.1 Å². The zero-order valence-electron chi connectivity index (χ0n) is 15.8. The fourth-order valence-corrected chi connectivity index (χ4v) is 3.14. The summed E-state index contributed by atoms with van der Waals surface area (Å²) < 4.78 is 54.1. The highest BCUT2D eigenvalue weighted by Crippen LogP contribution is 2.32. The van der Waals surface area contributed by atoms with Crippen LogP contribution in [-0.4, -0.2) is 22.2 Å². The molecule has 0 saturated heterocycles. The van der Waals surface area contributed by atoms with Gasteiger partial charge in [0.2, 0.25) is 5.91 Å². The lowest BCUT2D eigenvalue weighted by molar-refractivity contribution is -0.140. The highest BCUT2D eigenvalue weighted by Gasteiger charge is 2.34. The maximum absolute atomic E-state index is 14.2. The molecule has 1 amide bonds. The summed E-state index contributed by atoms with van der Waals surface area (Å²) in [6.07, 6.45) is -3.99. The molecule has 2 N–H and O–H groups in total. The number of benzene rings is 2. The van der Waals surface area contributed by atoms with Crippen LogP contribution < -0.4 is 10.9 Å². The quantitative estimate of drug-likeness (QED) is 0.613. The van der Waals surface area contributed by atoms with Crippen molar-refractivity contribution in [3.63, 3.8) is 0 Å². The topological polar surface area (TPSA) is 71.3 Å². The van der Waals surface area contributed by atoms with Gasteiger partial charge < -0.3 is 15.0 Å². The number of hydrogen-bond acceptors (Lipinski definition) is 3. The molecule has 1 aromatic heterocycles. The molecule has 0 radical (unpaired) electrons. The van der Waals surface area contributed by atoms with Crippen molar-refractivity contribution < 1.29 is 27.5 Å². The third-order valence-corrected chi connectivity index (χ3v) is 4.72. The molecule has 30 heavy (non-hydrogen) atoms. The van der Waals surface area contributed by atoms with Crippen molar-refractivity contribution >= 4 is 22.4 Å². The second-order valence-electron chi connectivity index (χ2n) is 6.83. The second kappa shape index (κ2) is 8.27. The molecule has 1 heterocycles. The number of carbonyl (C=O) groups excluding carboxylic acids is 1. The molecule has 0 bridgehead atoms. The van der Waals surface area contributed by atoms with Crippen LogP contribution in [0.1, 0.15) is 24.1 Å². The number of hydrogen-bond donors (Lipinski definition) is 2. The number of aliphatic hydroxyl groups excluding tert-OH is 1. The van der Waals surface area contributed by atoms with E-state index in [1.165, 1.54) is 22.9 Å². The summed E-state index contributed by atoms with van der Waals surface area (Å²) in [5.41, 5.74) is -1.92. The Labute approximate surface area is 168 Å². The van der Waals surface area contributed by atoms with Crippen LogP contribution in [0.5, 0.6) is 0 Å². The predicted molar refractivity (Wildman–Crippen MR) is 104 cm³/mol. The van der Waals surface area contributed by atoms with Gasteiger partial charge in [0, 0.05) is 22.7 Å². The minimum atomic E-state index is -4.86. The van der Waals surface area contributed by atoms with Gasteiger partial charge in [0.05, 0.1) is 24.6 Å². The number of fused-ring (bicyclic) bond motifs is 1. The first-order valence-electron chi connectivity index (χ1n) is 9.02. The molecule has 3 aromatic rings. The Kier molecular flexibility index (Phi) is 5.93. The smallest absolute Gasteiger partial charge is 0.394 e. The second-order valence-corrected chi connectivity index (χ2v) is 6.83. The number of halogens is 4. The van der Waals surface area contributed by atoms with Crippen LogP contribution in [0.15, 0.2) is 53.5 Å². The normalized spacial score (nSPS) is 12.7.